The molecule has 0 aromatic heterocycles. The van der Waals surface area contributed by atoms with Gasteiger partial charge in [0.2, 0.25) is 0 Å². The maximum atomic E-state index is 10.7. The zero-order chi connectivity index (χ0) is 11.6. The number of aryl methyl sites for hydroxylation is 1. The van der Waals surface area contributed by atoms with Crippen LogP contribution in [0.3, 0.4) is 0 Å². The van der Waals surface area contributed by atoms with Gasteiger partial charge in [0, 0.05) is 17.3 Å². The van der Waals surface area contributed by atoms with Gasteiger partial charge in [0.1, 0.15) is 5.69 Å². The summed E-state index contributed by atoms with van der Waals surface area (Å²) in [5.41, 5.74) is 7.25. The molecule has 0 spiro atoms. The molecule has 3 N–H and O–H groups in total. The number of nitrogens with one attached hydrogen (secondary N) is 1. The van der Waals surface area contributed by atoms with Crippen LogP contribution in [0.1, 0.15) is 32.4 Å². The van der Waals surface area contributed by atoms with Gasteiger partial charge in [-0.15, -0.1) is 0 Å². The fourth-order valence-electron chi connectivity index (χ4n) is 1.55. The molecule has 0 atom stereocenters. The average Bonchev–Trinajstić information content (AvgIpc) is 2.15. The van der Waals surface area contributed by atoms with E-state index in [-0.39, 0.29) is 24.5 Å². The zero-order valence-electron chi connectivity index (χ0n) is 8.70. The summed E-state index contributed by atoms with van der Waals surface area (Å²) >= 11 is 0. The standard InChI is InChI=1S/C10H13N3O2.CH4/c1-3-7-4-5-8(13(14)15)10(12)9(7)6(2)11;/h4-5,11H,3,12H2,1-2H3;1H4. The predicted molar refractivity (Wildman–Crippen MR) is 66.1 cm³/mol. The number of nitrogens with two attached hydrogens (primary N) is 1. The molecule has 0 aliphatic rings. The summed E-state index contributed by atoms with van der Waals surface area (Å²) in [4.78, 5) is 10.1. The van der Waals surface area contributed by atoms with Gasteiger partial charge in [-0.2, -0.15) is 0 Å². The second kappa shape index (κ2) is 5.25. The van der Waals surface area contributed by atoms with Gasteiger partial charge in [0.25, 0.3) is 5.69 Å². The van der Waals surface area contributed by atoms with E-state index in [0.29, 0.717) is 12.0 Å². The van der Waals surface area contributed by atoms with Crippen LogP contribution in [0.15, 0.2) is 12.1 Å². The highest BCUT2D eigenvalue weighted by atomic mass is 16.6. The molecule has 0 radical (unpaired) electrons. The van der Waals surface area contributed by atoms with Gasteiger partial charge in [0.05, 0.1) is 4.92 Å². The Balaban J connectivity index is 0.00000225. The highest BCUT2D eigenvalue weighted by molar-refractivity contribution is 6.04. The molecule has 1 rings (SSSR count). The molecular formula is C11H17N3O2. The Morgan fingerprint density at radius 1 is 1.56 bits per heavy atom. The summed E-state index contributed by atoms with van der Waals surface area (Å²) in [6, 6.07) is 3.04. The fraction of sp³-hybridized carbons (Fsp3) is 0.364. The maximum absolute atomic E-state index is 10.7. The molecule has 16 heavy (non-hydrogen) atoms. The van der Waals surface area contributed by atoms with Gasteiger partial charge in [-0.1, -0.05) is 20.4 Å². The summed E-state index contributed by atoms with van der Waals surface area (Å²) in [5.74, 6) is 0. The minimum Gasteiger partial charge on any atom is -0.393 e. The van der Waals surface area contributed by atoms with Crippen LogP contribution < -0.4 is 5.73 Å². The number of rotatable bonds is 3. The number of anilines is 1. The number of nitrogens with zero attached hydrogens (tertiary/aromatic N) is 1. The minimum atomic E-state index is -0.527. The van der Waals surface area contributed by atoms with Crippen molar-refractivity contribution in [2.75, 3.05) is 5.73 Å². The lowest BCUT2D eigenvalue weighted by Crippen LogP contribution is -2.07. The third kappa shape index (κ3) is 2.36. The first kappa shape index (κ1) is 14.1. The SMILES string of the molecule is C.CCc1ccc([N+](=O)[O-])c(N)c1C(C)=N. The number of nitro groups is 1. The van der Waals surface area contributed by atoms with Crippen LogP contribution in [0.4, 0.5) is 11.4 Å². The Bertz CT molecular complexity index is 427. The molecule has 0 aliphatic carbocycles. The number of hydrogen-bond acceptors (Lipinski definition) is 4. The van der Waals surface area contributed by atoms with Crippen molar-refractivity contribution in [3.63, 3.8) is 0 Å². The highest BCUT2D eigenvalue weighted by Gasteiger charge is 2.18. The number of nitro benzene ring substituents is 1. The molecule has 1 aromatic rings. The Morgan fingerprint density at radius 2 is 2.12 bits per heavy atom. The zero-order valence-corrected chi connectivity index (χ0v) is 8.70. The monoisotopic (exact) mass is 223 g/mol. The summed E-state index contributed by atoms with van der Waals surface area (Å²) < 4.78 is 0. The topological polar surface area (TPSA) is 93.0 Å². The molecule has 0 saturated carbocycles. The molecule has 0 aliphatic heterocycles. The molecule has 0 saturated heterocycles. The van der Waals surface area contributed by atoms with Crippen molar-refractivity contribution in [3.05, 3.63) is 33.4 Å². The van der Waals surface area contributed by atoms with Gasteiger partial charge in [-0.3, -0.25) is 10.1 Å². The number of benzene rings is 1. The number of hydrogen-bond donors (Lipinski definition) is 2. The Morgan fingerprint density at radius 3 is 2.50 bits per heavy atom. The second-order valence-electron chi connectivity index (χ2n) is 3.27. The fourth-order valence-corrected chi connectivity index (χ4v) is 1.55. The molecule has 0 amide bonds. The van der Waals surface area contributed by atoms with Crippen molar-refractivity contribution < 1.29 is 4.92 Å². The van der Waals surface area contributed by atoms with Gasteiger partial charge in [0.15, 0.2) is 0 Å². The smallest absolute Gasteiger partial charge is 0.292 e. The minimum absolute atomic E-state index is 0. The summed E-state index contributed by atoms with van der Waals surface area (Å²) in [6.07, 6.45) is 0.702. The van der Waals surface area contributed by atoms with Gasteiger partial charge < -0.3 is 11.1 Å². The van der Waals surface area contributed by atoms with Crippen molar-refractivity contribution in [2.24, 2.45) is 0 Å². The molecule has 0 heterocycles. The largest absolute Gasteiger partial charge is 0.393 e. The van der Waals surface area contributed by atoms with E-state index in [2.05, 4.69) is 0 Å². The predicted octanol–water partition coefficient (Wildman–Crippen LogP) is 2.76. The summed E-state index contributed by atoms with van der Waals surface area (Å²) in [7, 11) is 0. The van der Waals surface area contributed by atoms with Crippen molar-refractivity contribution in [3.8, 4) is 0 Å². The van der Waals surface area contributed by atoms with E-state index >= 15 is 0 Å². The Labute approximate surface area is 94.9 Å². The lowest BCUT2D eigenvalue weighted by molar-refractivity contribution is -0.383. The Hall–Kier alpha value is -1.91. The average molecular weight is 223 g/mol. The summed E-state index contributed by atoms with van der Waals surface area (Å²) in [6.45, 7) is 3.50. The van der Waals surface area contributed by atoms with E-state index in [0.717, 1.165) is 5.56 Å². The van der Waals surface area contributed by atoms with E-state index in [1.807, 2.05) is 6.92 Å². The van der Waals surface area contributed by atoms with Crippen molar-refractivity contribution in [1.82, 2.24) is 0 Å². The van der Waals surface area contributed by atoms with Crippen LogP contribution in [-0.4, -0.2) is 10.6 Å². The first-order valence-corrected chi connectivity index (χ1v) is 4.60. The first-order chi connectivity index (χ1) is 6.99. The molecule has 0 bridgehead atoms. The van der Waals surface area contributed by atoms with Crippen LogP contribution in [0.25, 0.3) is 0 Å². The van der Waals surface area contributed by atoms with E-state index in [1.165, 1.54) is 6.07 Å². The van der Waals surface area contributed by atoms with Crippen LogP contribution in [0.5, 0.6) is 0 Å². The number of nitrogen functional groups attached to an aromatic ring is 1. The normalized spacial score (nSPS) is 9.38. The van der Waals surface area contributed by atoms with E-state index in [4.69, 9.17) is 11.1 Å². The van der Waals surface area contributed by atoms with Crippen LogP contribution in [0.2, 0.25) is 0 Å². The lowest BCUT2D eigenvalue weighted by Gasteiger charge is -2.09. The molecule has 5 nitrogen and oxygen atoms in total. The van der Waals surface area contributed by atoms with Gasteiger partial charge in [-0.25, -0.2) is 0 Å². The quantitative estimate of drug-likeness (QED) is 0.357. The molecule has 0 unspecified atom stereocenters. The van der Waals surface area contributed by atoms with Crippen molar-refractivity contribution in [1.29, 1.82) is 5.41 Å². The third-order valence-corrected chi connectivity index (χ3v) is 2.26. The second-order valence-corrected chi connectivity index (χ2v) is 3.27. The third-order valence-electron chi connectivity index (χ3n) is 2.26. The Kier molecular flexibility index (Phi) is 4.62. The summed E-state index contributed by atoms with van der Waals surface area (Å²) in [5, 5.41) is 18.2. The molecule has 88 valence electrons. The molecular weight excluding hydrogens is 206 g/mol. The van der Waals surface area contributed by atoms with Gasteiger partial charge in [-0.05, 0) is 18.9 Å². The molecule has 5 heteroatoms. The van der Waals surface area contributed by atoms with Crippen LogP contribution in [-0.2, 0) is 6.42 Å². The van der Waals surface area contributed by atoms with Crippen molar-refractivity contribution >= 4 is 17.1 Å². The van der Waals surface area contributed by atoms with Crippen LogP contribution >= 0.6 is 0 Å². The lowest BCUT2D eigenvalue weighted by atomic mass is 9.99. The van der Waals surface area contributed by atoms with Gasteiger partial charge >= 0.3 is 0 Å². The maximum Gasteiger partial charge on any atom is 0.292 e. The van der Waals surface area contributed by atoms with E-state index in [1.54, 1.807) is 13.0 Å². The molecule has 1 aromatic carbocycles. The van der Waals surface area contributed by atoms with E-state index in [9.17, 15) is 10.1 Å². The van der Waals surface area contributed by atoms with Crippen LogP contribution in [0, 0.1) is 15.5 Å². The van der Waals surface area contributed by atoms with E-state index < -0.39 is 4.92 Å². The highest BCUT2D eigenvalue weighted by Crippen LogP contribution is 2.28. The van der Waals surface area contributed by atoms with Crippen molar-refractivity contribution in [2.45, 2.75) is 27.7 Å². The first-order valence-electron chi connectivity index (χ1n) is 4.60. The molecule has 0 fully saturated rings.